The number of Topliss-reactive ketones (excluding diaryl/α,β-unsaturated/α-hetero) is 1. The van der Waals surface area contributed by atoms with Crippen LogP contribution in [0.3, 0.4) is 0 Å². The molecule has 5 nitrogen and oxygen atoms in total. The Hall–Kier alpha value is -2.11. The maximum atomic E-state index is 13.0. The molecule has 3 N–H and O–H groups in total. The first kappa shape index (κ1) is 18.2. The second-order valence-corrected chi connectivity index (χ2v) is 6.18. The molecule has 3 aromatic rings. The highest BCUT2D eigenvalue weighted by Crippen LogP contribution is 2.34. The van der Waals surface area contributed by atoms with Crippen molar-refractivity contribution in [1.82, 2.24) is 14.5 Å². The molecule has 24 heavy (non-hydrogen) atoms. The first-order valence-electron chi connectivity index (χ1n) is 7.76. The number of hydrogen-bond donors (Lipinski definition) is 1. The van der Waals surface area contributed by atoms with Crippen LogP contribution >= 0.6 is 12.4 Å². The van der Waals surface area contributed by atoms with Crippen LogP contribution < -0.4 is 0 Å². The van der Waals surface area contributed by atoms with Gasteiger partial charge in [-0.1, -0.05) is 18.2 Å². The third kappa shape index (κ3) is 2.64. The van der Waals surface area contributed by atoms with E-state index in [9.17, 15) is 4.79 Å². The Labute approximate surface area is 146 Å². The molecule has 4 rings (SSSR count). The van der Waals surface area contributed by atoms with E-state index in [-0.39, 0.29) is 29.6 Å². The number of fused-ring (bicyclic) bond motifs is 3. The number of aromatic amines is 1. The van der Waals surface area contributed by atoms with Crippen LogP contribution in [-0.4, -0.2) is 25.8 Å². The normalized spacial score (nSPS) is 16.4. The van der Waals surface area contributed by atoms with E-state index in [1.807, 2.05) is 19.1 Å². The summed E-state index contributed by atoms with van der Waals surface area (Å²) in [6.07, 6.45) is 4.31. The van der Waals surface area contributed by atoms with Gasteiger partial charge in [0.15, 0.2) is 5.78 Å². The van der Waals surface area contributed by atoms with Crippen molar-refractivity contribution in [3.63, 3.8) is 0 Å². The molecule has 0 bridgehead atoms. The van der Waals surface area contributed by atoms with E-state index in [1.165, 1.54) is 5.69 Å². The summed E-state index contributed by atoms with van der Waals surface area (Å²) in [6, 6.07) is 8.20. The van der Waals surface area contributed by atoms with E-state index in [1.54, 1.807) is 6.33 Å². The van der Waals surface area contributed by atoms with Gasteiger partial charge < -0.3 is 15.0 Å². The standard InChI is InChI=1S/C18H19N3O.ClH.H2O/c1-11-14(20-10-19-11)9-12-7-8-16-17(18(12)22)13-5-3-4-6-15(13)21(16)2;;/h3-6,10,12H,7-9H2,1-2H3,(H,19,20);1H;1H2. The van der Waals surface area contributed by atoms with Crippen LogP contribution in [0.2, 0.25) is 0 Å². The molecule has 2 heterocycles. The van der Waals surface area contributed by atoms with Gasteiger partial charge in [-0.15, -0.1) is 12.4 Å². The Morgan fingerprint density at radius 1 is 1.33 bits per heavy atom. The van der Waals surface area contributed by atoms with E-state index in [2.05, 4.69) is 33.7 Å². The molecular formula is C18H22ClN3O2. The quantitative estimate of drug-likeness (QED) is 0.773. The monoisotopic (exact) mass is 347 g/mol. The number of carbonyl (C=O) groups is 1. The molecule has 0 saturated heterocycles. The van der Waals surface area contributed by atoms with Gasteiger partial charge in [0.1, 0.15) is 0 Å². The number of para-hydroxylation sites is 1. The van der Waals surface area contributed by atoms with Crippen LogP contribution in [0.1, 0.15) is 33.9 Å². The van der Waals surface area contributed by atoms with E-state index in [4.69, 9.17) is 0 Å². The van der Waals surface area contributed by atoms with Crippen LogP contribution in [0.5, 0.6) is 0 Å². The summed E-state index contributed by atoms with van der Waals surface area (Å²) in [5.41, 5.74) is 5.35. The number of imidazole rings is 1. The molecule has 0 spiro atoms. The number of benzene rings is 1. The summed E-state index contributed by atoms with van der Waals surface area (Å²) in [5, 5.41) is 1.09. The van der Waals surface area contributed by atoms with E-state index in [0.29, 0.717) is 0 Å². The fourth-order valence-electron chi connectivity index (χ4n) is 3.68. The number of hydrogen-bond acceptors (Lipinski definition) is 2. The van der Waals surface area contributed by atoms with Gasteiger partial charge in [-0.25, -0.2) is 4.98 Å². The van der Waals surface area contributed by atoms with Gasteiger partial charge in [0.25, 0.3) is 0 Å². The average Bonchev–Trinajstić information content (AvgIpc) is 3.05. The zero-order valence-corrected chi connectivity index (χ0v) is 14.6. The highest BCUT2D eigenvalue weighted by atomic mass is 35.5. The number of H-pyrrole nitrogens is 1. The van der Waals surface area contributed by atoms with Crippen LogP contribution in [0.4, 0.5) is 0 Å². The summed E-state index contributed by atoms with van der Waals surface area (Å²) in [6.45, 7) is 2.01. The van der Waals surface area contributed by atoms with Gasteiger partial charge in [-0.05, 0) is 25.8 Å². The summed E-state index contributed by atoms with van der Waals surface area (Å²) in [5.74, 6) is 0.320. The van der Waals surface area contributed by atoms with Gasteiger partial charge >= 0.3 is 0 Å². The molecule has 1 atom stereocenters. The molecule has 0 fully saturated rings. The third-order valence-electron chi connectivity index (χ3n) is 4.95. The number of rotatable bonds is 2. The number of nitrogens with zero attached hydrogens (tertiary/aromatic N) is 2. The number of ketones is 1. The predicted octanol–water partition coefficient (Wildman–Crippen LogP) is 2.79. The number of halogens is 1. The van der Waals surface area contributed by atoms with Gasteiger partial charge in [0.05, 0.1) is 12.0 Å². The SMILES string of the molecule is Cc1[nH]cnc1CC1CCc2c(c3ccccc3n2C)C1=O.Cl.O. The Balaban J connectivity index is 0.00000104. The highest BCUT2D eigenvalue weighted by molar-refractivity contribution is 6.11. The molecule has 0 radical (unpaired) electrons. The Morgan fingerprint density at radius 3 is 2.79 bits per heavy atom. The topological polar surface area (TPSA) is 82.2 Å². The van der Waals surface area contributed by atoms with E-state index in [0.717, 1.165) is 47.1 Å². The minimum Gasteiger partial charge on any atom is -0.412 e. The molecule has 0 aliphatic heterocycles. The first-order valence-corrected chi connectivity index (χ1v) is 7.76. The number of nitrogens with one attached hydrogen (secondary N) is 1. The lowest BCUT2D eigenvalue weighted by Crippen LogP contribution is -2.25. The lowest BCUT2D eigenvalue weighted by atomic mass is 9.82. The fraction of sp³-hybridized carbons (Fsp3) is 0.333. The number of aryl methyl sites for hydroxylation is 2. The Kier molecular flexibility index (Phi) is 5.16. The van der Waals surface area contributed by atoms with E-state index < -0.39 is 0 Å². The van der Waals surface area contributed by atoms with Gasteiger partial charge in [-0.2, -0.15) is 0 Å². The highest BCUT2D eigenvalue weighted by Gasteiger charge is 2.32. The molecule has 1 aromatic carbocycles. The molecule has 2 aromatic heterocycles. The summed E-state index contributed by atoms with van der Waals surface area (Å²) < 4.78 is 2.18. The maximum Gasteiger partial charge on any atom is 0.168 e. The van der Waals surface area contributed by atoms with Gasteiger partial charge in [0, 0.05) is 47.2 Å². The Bertz CT molecular complexity index is 882. The smallest absolute Gasteiger partial charge is 0.168 e. The molecule has 1 aliphatic rings. The lowest BCUT2D eigenvalue weighted by molar-refractivity contribution is 0.0901. The molecule has 0 amide bonds. The van der Waals surface area contributed by atoms with E-state index >= 15 is 0 Å². The third-order valence-corrected chi connectivity index (χ3v) is 4.95. The first-order chi connectivity index (χ1) is 10.7. The average molecular weight is 348 g/mol. The minimum absolute atomic E-state index is 0. The van der Waals surface area contributed by atoms with Gasteiger partial charge in [-0.3, -0.25) is 4.79 Å². The fourth-order valence-corrected chi connectivity index (χ4v) is 3.68. The number of carbonyl (C=O) groups excluding carboxylic acids is 1. The predicted molar refractivity (Wildman–Crippen MR) is 97.0 cm³/mol. The van der Waals surface area contributed by atoms with Crippen LogP contribution in [0.15, 0.2) is 30.6 Å². The van der Waals surface area contributed by atoms with Crippen molar-refractivity contribution in [3.8, 4) is 0 Å². The zero-order chi connectivity index (χ0) is 15.3. The van der Waals surface area contributed by atoms with Crippen molar-refractivity contribution in [1.29, 1.82) is 0 Å². The largest absolute Gasteiger partial charge is 0.412 e. The van der Waals surface area contributed by atoms with Crippen molar-refractivity contribution >= 4 is 29.1 Å². The van der Waals surface area contributed by atoms with Crippen molar-refractivity contribution in [3.05, 3.63) is 53.2 Å². The van der Waals surface area contributed by atoms with Crippen molar-refractivity contribution in [2.45, 2.75) is 26.2 Å². The molecule has 6 heteroatoms. The van der Waals surface area contributed by atoms with Crippen LogP contribution in [0, 0.1) is 12.8 Å². The summed E-state index contributed by atoms with van der Waals surface area (Å²) in [4.78, 5) is 20.5. The molecular weight excluding hydrogens is 326 g/mol. The van der Waals surface area contributed by atoms with Crippen molar-refractivity contribution < 1.29 is 10.3 Å². The molecule has 1 aliphatic carbocycles. The van der Waals surface area contributed by atoms with Crippen LogP contribution in [-0.2, 0) is 19.9 Å². The van der Waals surface area contributed by atoms with Gasteiger partial charge in [0.2, 0.25) is 0 Å². The zero-order valence-electron chi connectivity index (χ0n) is 13.8. The summed E-state index contributed by atoms with van der Waals surface area (Å²) in [7, 11) is 2.06. The second-order valence-electron chi connectivity index (χ2n) is 6.18. The minimum atomic E-state index is 0. The van der Waals surface area contributed by atoms with Crippen LogP contribution in [0.25, 0.3) is 10.9 Å². The molecule has 128 valence electrons. The van der Waals surface area contributed by atoms with Crippen molar-refractivity contribution in [2.24, 2.45) is 13.0 Å². The Morgan fingerprint density at radius 2 is 2.08 bits per heavy atom. The molecule has 0 saturated carbocycles. The lowest BCUT2D eigenvalue weighted by Gasteiger charge is -2.21. The molecule has 1 unspecified atom stereocenters. The maximum absolute atomic E-state index is 13.0. The number of aromatic nitrogens is 3. The second kappa shape index (κ2) is 6.79. The van der Waals surface area contributed by atoms with Crippen molar-refractivity contribution in [2.75, 3.05) is 0 Å². The summed E-state index contributed by atoms with van der Waals surface area (Å²) >= 11 is 0.